The van der Waals surface area contributed by atoms with Gasteiger partial charge in [0.25, 0.3) is 11.7 Å². The van der Waals surface area contributed by atoms with Crippen LogP contribution in [0.3, 0.4) is 0 Å². The summed E-state index contributed by atoms with van der Waals surface area (Å²) in [5.41, 5.74) is 2.54. The number of hydrogen-bond acceptors (Lipinski definition) is 4. The number of aliphatic hydroxyl groups excluding tert-OH is 1. The second-order valence-corrected chi connectivity index (χ2v) is 9.55. The third kappa shape index (κ3) is 4.70. The molecule has 1 atom stereocenters. The number of aliphatic hydroxyl groups is 1. The van der Waals surface area contributed by atoms with Crippen molar-refractivity contribution in [3.63, 3.8) is 0 Å². The van der Waals surface area contributed by atoms with Crippen molar-refractivity contribution in [2.75, 3.05) is 34.3 Å². The molecule has 0 radical (unpaired) electrons. The van der Waals surface area contributed by atoms with Crippen molar-refractivity contribution in [2.45, 2.75) is 32.2 Å². The molecule has 1 fully saturated rings. The molecule has 3 rings (SSSR count). The minimum Gasteiger partial charge on any atom is -0.507 e. The highest BCUT2D eigenvalue weighted by Gasteiger charge is 2.46. The molecule has 1 aliphatic heterocycles. The van der Waals surface area contributed by atoms with Crippen LogP contribution in [0.15, 0.2) is 54.1 Å². The summed E-state index contributed by atoms with van der Waals surface area (Å²) >= 11 is 0. The summed E-state index contributed by atoms with van der Waals surface area (Å²) in [6.45, 7) is 7.51. The fourth-order valence-corrected chi connectivity index (χ4v) is 3.87. The minimum atomic E-state index is -0.656. The summed E-state index contributed by atoms with van der Waals surface area (Å²) in [6, 6.07) is 14.1. The van der Waals surface area contributed by atoms with E-state index in [1.165, 1.54) is 4.90 Å². The lowest BCUT2D eigenvalue weighted by molar-refractivity contribution is -0.857. The molecule has 2 N–H and O–H groups in total. The Bertz CT molecular complexity index is 1020. The Kier molecular flexibility index (Phi) is 6.74. The molecule has 1 saturated heterocycles. The van der Waals surface area contributed by atoms with Gasteiger partial charge in [-0.25, -0.2) is 0 Å². The minimum absolute atomic E-state index is 0.0162. The SMILES string of the molecule is COc1ccc(C(O)=C2C(=O)C(=O)N(CC[NH+](C)C)[C@@H]2c2ccc(C(C)(C)C)cc2)cc1. The van der Waals surface area contributed by atoms with Gasteiger partial charge in [-0.2, -0.15) is 0 Å². The maximum absolute atomic E-state index is 13.1. The summed E-state index contributed by atoms with van der Waals surface area (Å²) in [7, 11) is 5.57. The van der Waals surface area contributed by atoms with E-state index in [1.807, 2.05) is 38.4 Å². The largest absolute Gasteiger partial charge is 0.507 e. The molecule has 0 spiro atoms. The highest BCUT2D eigenvalue weighted by Crippen LogP contribution is 2.39. The normalized spacial score (nSPS) is 18.5. The molecule has 2 aromatic rings. The van der Waals surface area contributed by atoms with E-state index < -0.39 is 17.7 Å². The van der Waals surface area contributed by atoms with Crippen molar-refractivity contribution in [3.8, 4) is 5.75 Å². The average molecular weight is 438 g/mol. The van der Waals surface area contributed by atoms with Crippen molar-refractivity contribution in [2.24, 2.45) is 0 Å². The fourth-order valence-electron chi connectivity index (χ4n) is 3.87. The first-order valence-corrected chi connectivity index (χ1v) is 10.9. The third-order valence-electron chi connectivity index (χ3n) is 5.85. The molecular weight excluding hydrogens is 404 g/mol. The maximum Gasteiger partial charge on any atom is 0.295 e. The second-order valence-electron chi connectivity index (χ2n) is 9.55. The number of Topliss-reactive ketones (excluding diaryl/α,β-unsaturated/α-hetero) is 1. The van der Waals surface area contributed by atoms with E-state index in [-0.39, 0.29) is 16.7 Å². The molecule has 6 nitrogen and oxygen atoms in total. The molecule has 6 heteroatoms. The number of amides is 1. The molecular formula is C26H33N2O4+. The molecule has 0 bridgehead atoms. The number of benzene rings is 2. The number of likely N-dealkylation sites (N-methyl/N-ethyl adjacent to an activating group) is 1. The molecule has 0 aliphatic carbocycles. The van der Waals surface area contributed by atoms with Crippen molar-refractivity contribution < 1.29 is 24.3 Å². The zero-order valence-corrected chi connectivity index (χ0v) is 19.7. The molecule has 0 saturated carbocycles. The topological polar surface area (TPSA) is 71.3 Å². The number of nitrogens with zero attached hydrogens (tertiary/aromatic N) is 1. The van der Waals surface area contributed by atoms with Gasteiger partial charge in [0.05, 0.1) is 45.9 Å². The first kappa shape index (κ1) is 23.5. The van der Waals surface area contributed by atoms with Gasteiger partial charge in [0.1, 0.15) is 11.5 Å². The molecule has 32 heavy (non-hydrogen) atoms. The van der Waals surface area contributed by atoms with Gasteiger partial charge in [-0.1, -0.05) is 45.0 Å². The highest BCUT2D eigenvalue weighted by atomic mass is 16.5. The Hall–Kier alpha value is -3.12. The van der Waals surface area contributed by atoms with E-state index in [0.29, 0.717) is 24.4 Å². The second kappa shape index (κ2) is 9.17. The number of methoxy groups -OCH3 is 1. The zero-order valence-electron chi connectivity index (χ0n) is 19.7. The van der Waals surface area contributed by atoms with Crippen LogP contribution in [0.1, 0.15) is 43.5 Å². The first-order valence-electron chi connectivity index (χ1n) is 10.9. The van der Waals surface area contributed by atoms with Crippen molar-refractivity contribution in [3.05, 3.63) is 70.8 Å². The number of rotatable bonds is 6. The lowest BCUT2D eigenvalue weighted by Crippen LogP contribution is -3.06. The van der Waals surface area contributed by atoms with Crippen LogP contribution in [0.4, 0.5) is 0 Å². The summed E-state index contributed by atoms with van der Waals surface area (Å²) in [5.74, 6) is -0.760. The Labute approximate surface area is 190 Å². The van der Waals surface area contributed by atoms with E-state index in [1.54, 1.807) is 36.3 Å². The van der Waals surface area contributed by atoms with Gasteiger partial charge >= 0.3 is 0 Å². The van der Waals surface area contributed by atoms with Gasteiger partial charge < -0.3 is 19.6 Å². The number of likely N-dealkylation sites (tertiary alicyclic amines) is 1. The van der Waals surface area contributed by atoms with Crippen LogP contribution in [0.2, 0.25) is 0 Å². The van der Waals surface area contributed by atoms with Crippen LogP contribution in [-0.2, 0) is 15.0 Å². The van der Waals surface area contributed by atoms with Gasteiger partial charge in [0.15, 0.2) is 0 Å². The van der Waals surface area contributed by atoms with Crippen molar-refractivity contribution in [1.29, 1.82) is 0 Å². The fraction of sp³-hybridized carbons (Fsp3) is 0.385. The third-order valence-corrected chi connectivity index (χ3v) is 5.85. The lowest BCUT2D eigenvalue weighted by Gasteiger charge is -2.26. The van der Waals surface area contributed by atoms with Crippen molar-refractivity contribution in [1.82, 2.24) is 4.90 Å². The maximum atomic E-state index is 13.1. The Morgan fingerprint density at radius 3 is 2.12 bits per heavy atom. The van der Waals surface area contributed by atoms with Crippen LogP contribution in [0.5, 0.6) is 5.75 Å². The monoisotopic (exact) mass is 437 g/mol. The highest BCUT2D eigenvalue weighted by molar-refractivity contribution is 6.46. The Balaban J connectivity index is 2.12. The van der Waals surface area contributed by atoms with Gasteiger partial charge in [0.2, 0.25) is 0 Å². The van der Waals surface area contributed by atoms with Gasteiger partial charge in [-0.15, -0.1) is 0 Å². The number of ketones is 1. The molecule has 0 unspecified atom stereocenters. The standard InChI is InChI=1S/C26H32N2O4/c1-26(2,3)19-11-7-17(8-12-19)22-21(23(29)18-9-13-20(32-6)14-10-18)24(30)25(31)28(22)16-15-27(4)5/h7-14,22,29H,15-16H2,1-6H3/p+1/t22-/m1/s1. The van der Waals surface area contributed by atoms with E-state index in [0.717, 1.165) is 11.1 Å². The average Bonchev–Trinajstić information content (AvgIpc) is 3.01. The van der Waals surface area contributed by atoms with Gasteiger partial charge in [-0.3, -0.25) is 9.59 Å². The molecule has 170 valence electrons. The van der Waals surface area contributed by atoms with Crippen LogP contribution in [0.25, 0.3) is 5.76 Å². The Morgan fingerprint density at radius 2 is 1.62 bits per heavy atom. The van der Waals surface area contributed by atoms with Crippen LogP contribution in [0, 0.1) is 0 Å². The summed E-state index contributed by atoms with van der Waals surface area (Å²) < 4.78 is 5.18. The lowest BCUT2D eigenvalue weighted by atomic mass is 9.85. The van der Waals surface area contributed by atoms with Crippen LogP contribution in [-0.4, -0.2) is 56.0 Å². The molecule has 1 aliphatic rings. The number of hydrogen-bond donors (Lipinski definition) is 2. The number of carbonyl (C=O) groups excluding carboxylic acids is 2. The smallest absolute Gasteiger partial charge is 0.295 e. The van der Waals surface area contributed by atoms with Crippen LogP contribution >= 0.6 is 0 Å². The molecule has 1 amide bonds. The number of ether oxygens (including phenoxy) is 1. The predicted molar refractivity (Wildman–Crippen MR) is 125 cm³/mol. The zero-order chi connectivity index (χ0) is 23.6. The predicted octanol–water partition coefficient (Wildman–Crippen LogP) is 2.56. The Morgan fingerprint density at radius 1 is 1.03 bits per heavy atom. The number of carbonyl (C=O) groups is 2. The summed E-state index contributed by atoms with van der Waals surface area (Å²) in [4.78, 5) is 28.8. The van der Waals surface area contributed by atoms with E-state index in [9.17, 15) is 14.7 Å². The quantitative estimate of drug-likeness (QED) is 0.414. The molecule has 1 heterocycles. The van der Waals surface area contributed by atoms with Gasteiger partial charge in [0, 0.05) is 5.56 Å². The number of nitrogens with one attached hydrogen (secondary N) is 1. The van der Waals surface area contributed by atoms with Crippen LogP contribution < -0.4 is 9.64 Å². The van der Waals surface area contributed by atoms with E-state index in [2.05, 4.69) is 20.8 Å². The number of quaternary nitrogens is 1. The molecule has 0 aromatic heterocycles. The molecule has 2 aromatic carbocycles. The first-order chi connectivity index (χ1) is 15.0. The summed E-state index contributed by atoms with van der Waals surface area (Å²) in [6.07, 6.45) is 0. The van der Waals surface area contributed by atoms with E-state index in [4.69, 9.17) is 4.74 Å². The summed E-state index contributed by atoms with van der Waals surface area (Å²) in [5, 5.41) is 11.1. The van der Waals surface area contributed by atoms with E-state index >= 15 is 0 Å². The van der Waals surface area contributed by atoms with Crippen molar-refractivity contribution >= 4 is 17.4 Å². The van der Waals surface area contributed by atoms with Gasteiger partial charge in [-0.05, 0) is 40.8 Å².